The number of rotatable bonds is 1. The number of hydrogen-bond donors (Lipinski definition) is 0. The molecule has 0 aliphatic heterocycles. The van der Waals surface area contributed by atoms with Gasteiger partial charge in [0.1, 0.15) is 21.7 Å². The van der Waals surface area contributed by atoms with E-state index in [1.54, 1.807) is 17.7 Å². The third-order valence-corrected chi connectivity index (χ3v) is 5.06. The van der Waals surface area contributed by atoms with E-state index < -0.39 is 0 Å². The van der Waals surface area contributed by atoms with Crippen LogP contribution in [0.4, 0.5) is 0 Å². The van der Waals surface area contributed by atoms with Gasteiger partial charge in [-0.25, -0.2) is 9.97 Å². The molecule has 0 spiro atoms. The minimum Gasteiger partial charge on any atom is -0.268 e. The van der Waals surface area contributed by atoms with E-state index in [1.807, 2.05) is 35.6 Å². The molecular formula is C17H11N5S. The number of aryl methyl sites for hydroxylation is 1. The Labute approximate surface area is 135 Å². The van der Waals surface area contributed by atoms with E-state index in [0.717, 1.165) is 43.2 Å². The highest BCUT2D eigenvalue weighted by Gasteiger charge is 2.14. The van der Waals surface area contributed by atoms with Crippen molar-refractivity contribution >= 4 is 37.4 Å². The van der Waals surface area contributed by atoms with Crippen LogP contribution in [0.15, 0.2) is 48.8 Å². The summed E-state index contributed by atoms with van der Waals surface area (Å²) in [5.74, 6) is 0.838. The summed E-state index contributed by atoms with van der Waals surface area (Å²) < 4.78 is 2.94. The van der Waals surface area contributed by atoms with Crippen molar-refractivity contribution in [2.45, 2.75) is 6.92 Å². The minimum absolute atomic E-state index is 0.838. The van der Waals surface area contributed by atoms with E-state index in [4.69, 9.17) is 4.98 Å². The number of nitrogens with zero attached hydrogens (tertiary/aromatic N) is 5. The van der Waals surface area contributed by atoms with Crippen molar-refractivity contribution in [3.8, 4) is 11.3 Å². The molecule has 0 N–H and O–H groups in total. The summed E-state index contributed by atoms with van der Waals surface area (Å²) in [5.41, 5.74) is 3.87. The molecule has 0 atom stereocenters. The Morgan fingerprint density at radius 2 is 1.87 bits per heavy atom. The van der Waals surface area contributed by atoms with Crippen molar-refractivity contribution in [3.05, 3.63) is 54.6 Å². The lowest BCUT2D eigenvalue weighted by Gasteiger charge is -2.00. The second-order valence-corrected chi connectivity index (χ2v) is 6.38. The fourth-order valence-corrected chi connectivity index (χ4v) is 3.89. The topological polar surface area (TPSA) is 56.0 Å². The Bertz CT molecular complexity index is 1170. The van der Waals surface area contributed by atoms with Crippen LogP contribution in [0.5, 0.6) is 0 Å². The molecule has 23 heavy (non-hydrogen) atoms. The quantitative estimate of drug-likeness (QED) is 0.471. The van der Waals surface area contributed by atoms with E-state index in [-0.39, 0.29) is 0 Å². The highest BCUT2D eigenvalue weighted by molar-refractivity contribution is 7.26. The standard InChI is InChI=1S/C17H11N5S/c1-10-20-21-16-15-14(18-9-22(10)16)12-7-8-13(19-17(12)23-15)11-5-3-2-4-6-11/h2-9H,1H3. The first-order valence-electron chi connectivity index (χ1n) is 7.26. The number of hydrogen-bond acceptors (Lipinski definition) is 5. The maximum absolute atomic E-state index is 4.82. The van der Waals surface area contributed by atoms with Gasteiger partial charge in [-0.2, -0.15) is 0 Å². The van der Waals surface area contributed by atoms with Crippen LogP contribution in [0.1, 0.15) is 5.82 Å². The first-order chi connectivity index (χ1) is 11.3. The molecule has 5 aromatic rings. The lowest BCUT2D eigenvalue weighted by atomic mass is 10.1. The third-order valence-electron chi connectivity index (χ3n) is 3.97. The van der Waals surface area contributed by atoms with Crippen LogP contribution in [-0.2, 0) is 0 Å². The fraction of sp³-hybridized carbons (Fsp3) is 0.0588. The van der Waals surface area contributed by atoms with Crippen molar-refractivity contribution in [2.24, 2.45) is 0 Å². The van der Waals surface area contributed by atoms with Gasteiger partial charge in [0, 0.05) is 10.9 Å². The molecule has 6 heteroatoms. The summed E-state index contributed by atoms with van der Waals surface area (Å²) in [6, 6.07) is 14.3. The number of fused-ring (bicyclic) bond motifs is 5. The molecular weight excluding hydrogens is 306 g/mol. The summed E-state index contributed by atoms with van der Waals surface area (Å²) in [7, 11) is 0. The Morgan fingerprint density at radius 1 is 1.00 bits per heavy atom. The Balaban J connectivity index is 1.83. The third kappa shape index (κ3) is 1.78. The molecule has 0 bridgehead atoms. The number of thiophene rings is 1. The predicted molar refractivity (Wildman–Crippen MR) is 91.6 cm³/mol. The van der Waals surface area contributed by atoms with E-state index in [0.29, 0.717) is 0 Å². The summed E-state index contributed by atoms with van der Waals surface area (Å²) in [6.45, 7) is 1.92. The summed E-state index contributed by atoms with van der Waals surface area (Å²) >= 11 is 1.62. The SMILES string of the molecule is Cc1nnc2c3sc4nc(-c5ccccc5)ccc4c3ncn12. The van der Waals surface area contributed by atoms with Gasteiger partial charge in [-0.05, 0) is 19.1 Å². The highest BCUT2D eigenvalue weighted by Crippen LogP contribution is 2.34. The molecule has 4 heterocycles. The van der Waals surface area contributed by atoms with E-state index in [1.165, 1.54) is 0 Å². The number of pyridine rings is 1. The minimum atomic E-state index is 0.838. The van der Waals surface area contributed by atoms with Crippen LogP contribution in [0, 0.1) is 6.92 Å². The number of benzene rings is 1. The molecule has 5 nitrogen and oxygen atoms in total. The van der Waals surface area contributed by atoms with Crippen molar-refractivity contribution in [2.75, 3.05) is 0 Å². The highest BCUT2D eigenvalue weighted by atomic mass is 32.1. The molecule has 0 aliphatic rings. The van der Waals surface area contributed by atoms with Crippen LogP contribution >= 0.6 is 11.3 Å². The van der Waals surface area contributed by atoms with Crippen LogP contribution in [0.3, 0.4) is 0 Å². The molecule has 110 valence electrons. The van der Waals surface area contributed by atoms with E-state index in [2.05, 4.69) is 33.4 Å². The lowest BCUT2D eigenvalue weighted by molar-refractivity contribution is 0.990. The first kappa shape index (κ1) is 12.7. The van der Waals surface area contributed by atoms with Crippen molar-refractivity contribution in [1.82, 2.24) is 24.6 Å². The number of aromatic nitrogens is 5. The molecule has 0 saturated carbocycles. The molecule has 1 aromatic carbocycles. The van der Waals surface area contributed by atoms with Gasteiger partial charge in [0.25, 0.3) is 0 Å². The average molecular weight is 317 g/mol. The van der Waals surface area contributed by atoms with Gasteiger partial charge in [-0.15, -0.1) is 21.5 Å². The normalized spacial score (nSPS) is 11.7. The zero-order valence-corrected chi connectivity index (χ0v) is 13.1. The van der Waals surface area contributed by atoms with Gasteiger partial charge < -0.3 is 0 Å². The van der Waals surface area contributed by atoms with Gasteiger partial charge in [-0.1, -0.05) is 30.3 Å². The second-order valence-electron chi connectivity index (χ2n) is 5.38. The summed E-state index contributed by atoms with van der Waals surface area (Å²) in [5, 5.41) is 9.48. The monoisotopic (exact) mass is 317 g/mol. The first-order valence-corrected chi connectivity index (χ1v) is 8.08. The summed E-state index contributed by atoms with van der Waals surface area (Å²) in [4.78, 5) is 10.4. The zero-order chi connectivity index (χ0) is 15.4. The molecule has 0 saturated heterocycles. The molecule has 0 radical (unpaired) electrons. The molecule has 0 aliphatic carbocycles. The molecule has 0 amide bonds. The Hall–Kier alpha value is -2.86. The smallest absolute Gasteiger partial charge is 0.181 e. The predicted octanol–water partition coefficient (Wildman–Crippen LogP) is 3.86. The van der Waals surface area contributed by atoms with Crippen LogP contribution < -0.4 is 0 Å². The average Bonchev–Trinajstić information content (AvgIpc) is 3.15. The van der Waals surface area contributed by atoms with Crippen molar-refractivity contribution < 1.29 is 0 Å². The van der Waals surface area contributed by atoms with Crippen molar-refractivity contribution in [3.63, 3.8) is 0 Å². The van der Waals surface area contributed by atoms with Crippen LogP contribution in [0.2, 0.25) is 0 Å². The maximum atomic E-state index is 4.82. The molecule has 4 aromatic heterocycles. The van der Waals surface area contributed by atoms with Crippen LogP contribution in [0.25, 0.3) is 37.3 Å². The van der Waals surface area contributed by atoms with Gasteiger partial charge in [0.2, 0.25) is 0 Å². The van der Waals surface area contributed by atoms with Gasteiger partial charge in [-0.3, -0.25) is 4.40 Å². The van der Waals surface area contributed by atoms with Crippen molar-refractivity contribution in [1.29, 1.82) is 0 Å². The largest absolute Gasteiger partial charge is 0.268 e. The molecule has 0 unspecified atom stereocenters. The zero-order valence-electron chi connectivity index (χ0n) is 12.3. The lowest BCUT2D eigenvalue weighted by Crippen LogP contribution is -1.89. The van der Waals surface area contributed by atoms with Gasteiger partial charge in [0.15, 0.2) is 5.65 Å². The Kier molecular flexibility index (Phi) is 2.51. The second kappa shape index (κ2) is 4.57. The Morgan fingerprint density at radius 3 is 2.74 bits per heavy atom. The molecule has 0 fully saturated rings. The fourth-order valence-electron chi connectivity index (χ4n) is 2.79. The molecule has 5 rings (SSSR count). The van der Waals surface area contributed by atoms with Gasteiger partial charge >= 0.3 is 0 Å². The van der Waals surface area contributed by atoms with E-state index in [9.17, 15) is 0 Å². The van der Waals surface area contributed by atoms with E-state index >= 15 is 0 Å². The summed E-state index contributed by atoms with van der Waals surface area (Å²) in [6.07, 6.45) is 1.78. The maximum Gasteiger partial charge on any atom is 0.181 e. The van der Waals surface area contributed by atoms with Gasteiger partial charge in [0.05, 0.1) is 11.2 Å². The van der Waals surface area contributed by atoms with Crippen LogP contribution in [-0.4, -0.2) is 24.6 Å².